The highest BCUT2D eigenvalue weighted by Gasteiger charge is 2.15. The predicted molar refractivity (Wildman–Crippen MR) is 105 cm³/mol. The van der Waals surface area contributed by atoms with Crippen LogP contribution in [0, 0.1) is 11.7 Å². The molecule has 1 heterocycles. The maximum absolute atomic E-state index is 12.9. The lowest BCUT2D eigenvalue weighted by molar-refractivity contribution is -0.116. The van der Waals surface area contributed by atoms with Crippen molar-refractivity contribution in [1.82, 2.24) is 15.5 Å². The normalized spacial score (nSPS) is 14.6. The lowest BCUT2D eigenvalue weighted by atomic mass is 9.86. The second kappa shape index (κ2) is 10.0. The molecular weight excluding hydrogens is 359 g/mol. The molecule has 0 aliphatic heterocycles. The Morgan fingerprint density at radius 1 is 1.14 bits per heavy atom. The molecule has 1 fully saturated rings. The van der Waals surface area contributed by atoms with Gasteiger partial charge < -0.3 is 10.6 Å². The van der Waals surface area contributed by atoms with Gasteiger partial charge in [0.2, 0.25) is 5.91 Å². The van der Waals surface area contributed by atoms with E-state index in [1.165, 1.54) is 56.4 Å². The number of nitrogens with zero attached hydrogens (tertiary/aromatic N) is 1. The van der Waals surface area contributed by atoms with E-state index in [0.29, 0.717) is 30.3 Å². The third kappa shape index (κ3) is 6.18. The number of H-pyrrole nitrogens is 1. The molecule has 7 heteroatoms. The predicted octanol–water partition coefficient (Wildman–Crippen LogP) is 3.82. The van der Waals surface area contributed by atoms with Gasteiger partial charge in [-0.25, -0.2) is 4.39 Å². The van der Waals surface area contributed by atoms with Crippen molar-refractivity contribution in [2.45, 2.75) is 51.4 Å². The zero-order chi connectivity index (χ0) is 19.8. The molecule has 6 nitrogen and oxygen atoms in total. The van der Waals surface area contributed by atoms with Crippen LogP contribution in [0.15, 0.2) is 30.3 Å². The Balaban J connectivity index is 1.34. The van der Waals surface area contributed by atoms with Gasteiger partial charge in [-0.2, -0.15) is 5.10 Å². The summed E-state index contributed by atoms with van der Waals surface area (Å²) in [5.74, 6) is 0.467. The first-order valence-corrected chi connectivity index (χ1v) is 9.98. The highest BCUT2D eigenvalue weighted by molar-refractivity contribution is 5.94. The molecule has 0 spiro atoms. The van der Waals surface area contributed by atoms with Gasteiger partial charge in [0, 0.05) is 30.3 Å². The largest absolute Gasteiger partial charge is 0.352 e. The zero-order valence-electron chi connectivity index (χ0n) is 16.0. The molecule has 2 aromatic rings. The molecule has 1 aliphatic rings. The molecule has 28 heavy (non-hydrogen) atoms. The fourth-order valence-electron chi connectivity index (χ4n) is 3.59. The van der Waals surface area contributed by atoms with Gasteiger partial charge in [-0.3, -0.25) is 14.7 Å². The summed E-state index contributed by atoms with van der Waals surface area (Å²) in [6.45, 7) is 0.372. The summed E-state index contributed by atoms with van der Waals surface area (Å²) in [5, 5.41) is 12.7. The van der Waals surface area contributed by atoms with Crippen LogP contribution < -0.4 is 10.6 Å². The summed E-state index contributed by atoms with van der Waals surface area (Å²) < 4.78 is 12.9. The number of hydrogen-bond acceptors (Lipinski definition) is 3. The minimum absolute atomic E-state index is 0.133. The van der Waals surface area contributed by atoms with E-state index in [0.717, 1.165) is 12.1 Å². The zero-order valence-corrected chi connectivity index (χ0v) is 16.0. The van der Waals surface area contributed by atoms with E-state index in [2.05, 4.69) is 20.8 Å². The summed E-state index contributed by atoms with van der Waals surface area (Å²) >= 11 is 0. The number of carbonyl (C=O) groups is 2. The molecule has 2 amide bonds. The minimum atomic E-state index is -0.381. The van der Waals surface area contributed by atoms with Crippen LogP contribution in [-0.2, 0) is 11.2 Å². The molecule has 1 aromatic heterocycles. The van der Waals surface area contributed by atoms with Crippen molar-refractivity contribution >= 4 is 17.6 Å². The van der Waals surface area contributed by atoms with E-state index < -0.39 is 0 Å². The van der Waals surface area contributed by atoms with E-state index in [1.54, 1.807) is 0 Å². The van der Waals surface area contributed by atoms with Crippen LogP contribution in [0.3, 0.4) is 0 Å². The number of hydrogen-bond donors (Lipinski definition) is 3. The van der Waals surface area contributed by atoms with E-state index in [9.17, 15) is 14.0 Å². The van der Waals surface area contributed by atoms with E-state index in [-0.39, 0.29) is 24.1 Å². The number of amides is 2. The van der Waals surface area contributed by atoms with E-state index in [1.807, 2.05) is 6.07 Å². The molecule has 0 saturated heterocycles. The Morgan fingerprint density at radius 2 is 1.89 bits per heavy atom. The van der Waals surface area contributed by atoms with Crippen LogP contribution in [0.25, 0.3) is 0 Å². The minimum Gasteiger partial charge on any atom is -0.352 e. The smallest absolute Gasteiger partial charge is 0.251 e. The number of carbonyl (C=O) groups excluding carboxylic acids is 2. The van der Waals surface area contributed by atoms with Crippen molar-refractivity contribution in [3.8, 4) is 0 Å². The number of anilines is 1. The Morgan fingerprint density at radius 3 is 2.64 bits per heavy atom. The molecule has 3 N–H and O–H groups in total. The van der Waals surface area contributed by atoms with Gasteiger partial charge in [0.1, 0.15) is 5.82 Å². The molecule has 0 bridgehead atoms. The molecule has 1 saturated carbocycles. The second-order valence-corrected chi connectivity index (χ2v) is 7.40. The van der Waals surface area contributed by atoms with E-state index >= 15 is 0 Å². The summed E-state index contributed by atoms with van der Waals surface area (Å²) in [6.07, 6.45) is 8.27. The number of benzene rings is 1. The molecule has 0 atom stereocenters. The maximum Gasteiger partial charge on any atom is 0.251 e. The Bertz CT molecular complexity index is 782. The van der Waals surface area contributed by atoms with Gasteiger partial charge in [-0.15, -0.1) is 0 Å². The van der Waals surface area contributed by atoms with Crippen molar-refractivity contribution in [3.05, 3.63) is 47.4 Å². The first-order valence-electron chi connectivity index (χ1n) is 9.98. The van der Waals surface area contributed by atoms with Gasteiger partial charge >= 0.3 is 0 Å². The van der Waals surface area contributed by atoms with Crippen molar-refractivity contribution in [2.75, 3.05) is 11.9 Å². The van der Waals surface area contributed by atoms with Gasteiger partial charge in [0.05, 0.1) is 0 Å². The number of aromatic nitrogens is 2. The van der Waals surface area contributed by atoms with Crippen molar-refractivity contribution < 1.29 is 14.0 Å². The first-order chi connectivity index (χ1) is 13.6. The van der Waals surface area contributed by atoms with Crippen LogP contribution in [0.5, 0.6) is 0 Å². The van der Waals surface area contributed by atoms with Crippen LogP contribution in [0.1, 0.15) is 61.0 Å². The molecule has 1 aliphatic carbocycles. The lowest BCUT2D eigenvalue weighted by Crippen LogP contribution is -2.25. The van der Waals surface area contributed by atoms with Gasteiger partial charge in [0.15, 0.2) is 5.82 Å². The quantitative estimate of drug-likeness (QED) is 0.603. The third-order valence-corrected chi connectivity index (χ3v) is 5.10. The number of nitrogens with one attached hydrogen (secondary N) is 3. The van der Waals surface area contributed by atoms with Gasteiger partial charge in [0.25, 0.3) is 5.91 Å². The summed E-state index contributed by atoms with van der Waals surface area (Å²) in [4.78, 5) is 24.0. The SMILES string of the molecule is O=C(CCCNC(=O)c1ccc(F)cc1)Nc1cc(CC2CCCCC2)[nH]n1. The average Bonchev–Trinajstić information content (AvgIpc) is 3.13. The standard InChI is InChI=1S/C21H27FN4O2/c22-17-10-8-16(9-11-17)21(28)23-12-4-7-20(27)24-19-14-18(25-26-19)13-15-5-2-1-3-6-15/h8-11,14-15H,1-7,12-13H2,(H,23,28)(H2,24,25,26,27). The van der Waals surface area contributed by atoms with Crippen LogP contribution >= 0.6 is 0 Å². The second-order valence-electron chi connectivity index (χ2n) is 7.40. The lowest BCUT2D eigenvalue weighted by Gasteiger charge is -2.20. The van der Waals surface area contributed by atoms with Crippen molar-refractivity contribution in [2.24, 2.45) is 5.92 Å². The summed E-state index contributed by atoms with van der Waals surface area (Å²) in [7, 11) is 0. The Kier molecular flexibility index (Phi) is 7.17. The van der Waals surface area contributed by atoms with Crippen LogP contribution in [0.2, 0.25) is 0 Å². The number of halogens is 1. The number of aromatic amines is 1. The highest BCUT2D eigenvalue weighted by atomic mass is 19.1. The Labute approximate surface area is 164 Å². The molecule has 150 valence electrons. The monoisotopic (exact) mass is 386 g/mol. The van der Waals surface area contributed by atoms with Gasteiger partial charge in [-0.05, 0) is 43.0 Å². The van der Waals surface area contributed by atoms with Crippen molar-refractivity contribution in [3.63, 3.8) is 0 Å². The molecule has 3 rings (SSSR count). The fraction of sp³-hybridized carbons (Fsp3) is 0.476. The molecule has 0 radical (unpaired) electrons. The number of rotatable bonds is 8. The van der Waals surface area contributed by atoms with Crippen LogP contribution in [-0.4, -0.2) is 28.6 Å². The van der Waals surface area contributed by atoms with Crippen LogP contribution in [0.4, 0.5) is 10.2 Å². The molecule has 1 aromatic carbocycles. The molecular formula is C21H27FN4O2. The maximum atomic E-state index is 12.9. The topological polar surface area (TPSA) is 86.9 Å². The highest BCUT2D eigenvalue weighted by Crippen LogP contribution is 2.26. The summed E-state index contributed by atoms with van der Waals surface area (Å²) in [5.41, 5.74) is 1.46. The fourth-order valence-corrected chi connectivity index (χ4v) is 3.59. The average molecular weight is 386 g/mol. The van der Waals surface area contributed by atoms with Gasteiger partial charge in [-0.1, -0.05) is 32.1 Å². The van der Waals surface area contributed by atoms with Crippen molar-refractivity contribution in [1.29, 1.82) is 0 Å². The third-order valence-electron chi connectivity index (χ3n) is 5.10. The first kappa shape index (κ1) is 20.0. The summed E-state index contributed by atoms with van der Waals surface area (Å²) in [6, 6.07) is 7.26. The molecule has 0 unspecified atom stereocenters. The Hall–Kier alpha value is -2.70. The van der Waals surface area contributed by atoms with E-state index in [4.69, 9.17) is 0 Å².